The first-order valence-corrected chi connectivity index (χ1v) is 8.58. The van der Waals surface area contributed by atoms with E-state index < -0.39 is 0 Å². The van der Waals surface area contributed by atoms with E-state index in [2.05, 4.69) is 57.3 Å². The Kier molecular flexibility index (Phi) is 5.82. The lowest BCUT2D eigenvalue weighted by atomic mass is 9.93. The molecule has 1 N–H and O–H groups in total. The van der Waals surface area contributed by atoms with Crippen molar-refractivity contribution < 1.29 is 4.79 Å². The summed E-state index contributed by atoms with van der Waals surface area (Å²) >= 11 is 0. The summed E-state index contributed by atoms with van der Waals surface area (Å²) in [5, 5.41) is 3.49. The van der Waals surface area contributed by atoms with Crippen LogP contribution >= 0.6 is 0 Å². The number of hydrogen-bond acceptors (Lipinski definition) is 2. The number of allylic oxidation sites excluding steroid dienone is 2. The van der Waals surface area contributed by atoms with Crippen molar-refractivity contribution in [3.05, 3.63) is 41.1 Å². The standard InChI is InChI=1S/C20H29NO/c1-14(2)12-16-8-7-9-17(13-15(3)4)20(16)21-18-10-5-6-11-19(18)22/h7-10,14-15,21H,5-6,11-13H2,1-4H3. The first kappa shape index (κ1) is 16.8. The molecule has 1 aliphatic rings. The maximum absolute atomic E-state index is 12.1. The molecule has 0 unspecified atom stereocenters. The Labute approximate surface area is 135 Å². The summed E-state index contributed by atoms with van der Waals surface area (Å²) < 4.78 is 0. The predicted octanol–water partition coefficient (Wildman–Crippen LogP) is 5.13. The first-order valence-electron chi connectivity index (χ1n) is 8.58. The van der Waals surface area contributed by atoms with Gasteiger partial charge < -0.3 is 5.32 Å². The Bertz CT molecular complexity index is 527. The van der Waals surface area contributed by atoms with Crippen LogP contribution in [0.15, 0.2) is 30.0 Å². The van der Waals surface area contributed by atoms with Gasteiger partial charge in [0.15, 0.2) is 5.78 Å². The van der Waals surface area contributed by atoms with Crippen molar-refractivity contribution in [3.63, 3.8) is 0 Å². The highest BCUT2D eigenvalue weighted by Crippen LogP contribution is 2.29. The molecule has 0 bridgehead atoms. The normalized spacial score (nSPS) is 15.4. The zero-order chi connectivity index (χ0) is 16.1. The summed E-state index contributed by atoms with van der Waals surface area (Å²) in [5.74, 6) is 1.46. The number of rotatable bonds is 6. The number of carbonyl (C=O) groups excluding carboxylic acids is 1. The highest BCUT2D eigenvalue weighted by Gasteiger charge is 2.17. The summed E-state index contributed by atoms with van der Waals surface area (Å²) in [7, 11) is 0. The number of carbonyl (C=O) groups is 1. The molecule has 2 rings (SSSR count). The average Bonchev–Trinajstić information content (AvgIpc) is 2.43. The molecule has 0 atom stereocenters. The van der Waals surface area contributed by atoms with Crippen LogP contribution in [0.5, 0.6) is 0 Å². The predicted molar refractivity (Wildman–Crippen MR) is 94.1 cm³/mol. The fourth-order valence-electron chi connectivity index (χ4n) is 3.05. The summed E-state index contributed by atoms with van der Waals surface area (Å²) in [6.45, 7) is 8.96. The second-order valence-corrected chi connectivity index (χ2v) is 7.21. The molecule has 22 heavy (non-hydrogen) atoms. The van der Waals surface area contributed by atoms with Gasteiger partial charge in [-0.05, 0) is 48.6 Å². The SMILES string of the molecule is CC(C)Cc1cccc(CC(C)C)c1NC1=CCCCC1=O. The van der Waals surface area contributed by atoms with E-state index in [1.165, 1.54) is 16.8 Å². The lowest BCUT2D eigenvalue weighted by Gasteiger charge is -2.21. The molecule has 0 spiro atoms. The number of hydrogen-bond donors (Lipinski definition) is 1. The van der Waals surface area contributed by atoms with Crippen LogP contribution in [0.25, 0.3) is 0 Å². The van der Waals surface area contributed by atoms with E-state index in [4.69, 9.17) is 0 Å². The van der Waals surface area contributed by atoms with Gasteiger partial charge in [0.2, 0.25) is 0 Å². The number of Topliss-reactive ketones (excluding diaryl/α,β-unsaturated/α-hetero) is 1. The van der Waals surface area contributed by atoms with Gasteiger partial charge in [0, 0.05) is 12.1 Å². The van der Waals surface area contributed by atoms with Crippen molar-refractivity contribution in [3.8, 4) is 0 Å². The number of para-hydroxylation sites is 1. The van der Waals surface area contributed by atoms with Gasteiger partial charge in [-0.25, -0.2) is 0 Å². The van der Waals surface area contributed by atoms with Gasteiger partial charge >= 0.3 is 0 Å². The molecule has 0 saturated carbocycles. The van der Waals surface area contributed by atoms with Crippen molar-refractivity contribution >= 4 is 11.5 Å². The van der Waals surface area contributed by atoms with E-state index in [0.717, 1.165) is 31.4 Å². The van der Waals surface area contributed by atoms with Crippen LogP contribution in [0, 0.1) is 11.8 Å². The maximum atomic E-state index is 12.1. The monoisotopic (exact) mass is 299 g/mol. The number of nitrogens with one attached hydrogen (secondary N) is 1. The molecule has 0 radical (unpaired) electrons. The number of benzene rings is 1. The van der Waals surface area contributed by atoms with E-state index in [1.54, 1.807) is 0 Å². The third-order valence-corrected chi connectivity index (χ3v) is 4.01. The molecular weight excluding hydrogens is 270 g/mol. The zero-order valence-corrected chi connectivity index (χ0v) is 14.4. The molecule has 120 valence electrons. The van der Waals surface area contributed by atoms with Gasteiger partial charge in [-0.15, -0.1) is 0 Å². The molecule has 1 aliphatic carbocycles. The summed E-state index contributed by atoms with van der Waals surface area (Å²) in [6, 6.07) is 6.54. The molecular formula is C20H29NO. The lowest BCUT2D eigenvalue weighted by Crippen LogP contribution is -2.17. The quantitative estimate of drug-likeness (QED) is 0.788. The van der Waals surface area contributed by atoms with Crippen LogP contribution < -0.4 is 5.32 Å². The van der Waals surface area contributed by atoms with Gasteiger partial charge in [-0.1, -0.05) is 52.0 Å². The molecule has 0 heterocycles. The van der Waals surface area contributed by atoms with E-state index in [0.29, 0.717) is 18.3 Å². The second kappa shape index (κ2) is 7.62. The topological polar surface area (TPSA) is 29.1 Å². The average molecular weight is 299 g/mol. The lowest BCUT2D eigenvalue weighted by molar-refractivity contribution is -0.115. The Morgan fingerprint density at radius 1 is 1.05 bits per heavy atom. The van der Waals surface area contributed by atoms with Crippen molar-refractivity contribution in [2.45, 2.75) is 59.8 Å². The molecule has 1 aromatic carbocycles. The third-order valence-electron chi connectivity index (χ3n) is 4.01. The zero-order valence-electron chi connectivity index (χ0n) is 14.4. The number of anilines is 1. The van der Waals surface area contributed by atoms with Gasteiger partial charge in [0.1, 0.15) is 0 Å². The molecule has 2 nitrogen and oxygen atoms in total. The van der Waals surface area contributed by atoms with E-state index in [9.17, 15) is 4.79 Å². The smallest absolute Gasteiger partial charge is 0.178 e. The summed E-state index contributed by atoms with van der Waals surface area (Å²) in [5.41, 5.74) is 4.62. The van der Waals surface area contributed by atoms with Gasteiger partial charge in [0.05, 0.1) is 5.70 Å². The van der Waals surface area contributed by atoms with Crippen molar-refractivity contribution in [1.82, 2.24) is 0 Å². The minimum absolute atomic E-state index is 0.251. The minimum Gasteiger partial charge on any atom is -0.352 e. The molecule has 0 fully saturated rings. The van der Waals surface area contributed by atoms with Crippen LogP contribution in [0.3, 0.4) is 0 Å². The van der Waals surface area contributed by atoms with Gasteiger partial charge in [0.25, 0.3) is 0 Å². The molecule has 0 amide bonds. The molecule has 2 heteroatoms. The fraction of sp³-hybridized carbons (Fsp3) is 0.550. The Morgan fingerprint density at radius 2 is 1.64 bits per heavy atom. The van der Waals surface area contributed by atoms with Crippen LogP contribution in [-0.4, -0.2) is 5.78 Å². The van der Waals surface area contributed by atoms with E-state index in [1.807, 2.05) is 0 Å². The number of ketones is 1. The molecule has 0 aromatic heterocycles. The van der Waals surface area contributed by atoms with Crippen molar-refractivity contribution in [2.75, 3.05) is 5.32 Å². The second-order valence-electron chi connectivity index (χ2n) is 7.21. The highest BCUT2D eigenvalue weighted by molar-refractivity contribution is 5.99. The van der Waals surface area contributed by atoms with Crippen molar-refractivity contribution in [2.24, 2.45) is 11.8 Å². The van der Waals surface area contributed by atoms with E-state index in [-0.39, 0.29) is 5.78 Å². The highest BCUT2D eigenvalue weighted by atomic mass is 16.1. The Morgan fingerprint density at radius 3 is 2.14 bits per heavy atom. The van der Waals surface area contributed by atoms with Crippen LogP contribution in [-0.2, 0) is 17.6 Å². The van der Waals surface area contributed by atoms with Gasteiger partial charge in [-0.3, -0.25) is 4.79 Å². The van der Waals surface area contributed by atoms with Crippen LogP contribution in [0.1, 0.15) is 58.1 Å². The summed E-state index contributed by atoms with van der Waals surface area (Å²) in [4.78, 5) is 12.1. The summed E-state index contributed by atoms with van der Waals surface area (Å²) in [6.07, 6.45) is 6.80. The molecule has 1 aromatic rings. The first-order chi connectivity index (χ1) is 10.5. The Hall–Kier alpha value is -1.57. The largest absolute Gasteiger partial charge is 0.352 e. The van der Waals surface area contributed by atoms with Crippen molar-refractivity contribution in [1.29, 1.82) is 0 Å². The van der Waals surface area contributed by atoms with Crippen LogP contribution in [0.4, 0.5) is 5.69 Å². The fourth-order valence-corrected chi connectivity index (χ4v) is 3.05. The molecule has 0 aliphatic heterocycles. The van der Waals surface area contributed by atoms with Crippen LogP contribution in [0.2, 0.25) is 0 Å². The molecule has 0 saturated heterocycles. The maximum Gasteiger partial charge on any atom is 0.178 e. The minimum atomic E-state index is 0.251. The third kappa shape index (κ3) is 4.46. The van der Waals surface area contributed by atoms with E-state index >= 15 is 0 Å². The Balaban J connectivity index is 2.35. The van der Waals surface area contributed by atoms with Gasteiger partial charge in [-0.2, -0.15) is 0 Å².